The van der Waals surface area contributed by atoms with Crippen LogP contribution in [-0.4, -0.2) is 72.8 Å². The molecule has 2 aliphatic rings. The minimum Gasteiger partial charge on any atom is -0.395 e. The van der Waals surface area contributed by atoms with Gasteiger partial charge in [0.25, 0.3) is 0 Å². The fourth-order valence-electron chi connectivity index (χ4n) is 3.95. The van der Waals surface area contributed by atoms with E-state index in [1.54, 1.807) is 23.9 Å². The van der Waals surface area contributed by atoms with Gasteiger partial charge in [-0.15, -0.1) is 0 Å². The van der Waals surface area contributed by atoms with Crippen LogP contribution < -0.4 is 9.80 Å². The Morgan fingerprint density at radius 1 is 1.36 bits per heavy atom. The van der Waals surface area contributed by atoms with E-state index in [1.165, 1.54) is 6.20 Å². The number of halogens is 1. The van der Waals surface area contributed by atoms with Crippen LogP contribution in [0, 0.1) is 11.2 Å². The van der Waals surface area contributed by atoms with Gasteiger partial charge in [-0.3, -0.25) is 4.79 Å². The minimum absolute atomic E-state index is 0.00262. The van der Waals surface area contributed by atoms with Crippen LogP contribution in [-0.2, 0) is 4.79 Å². The molecule has 3 heterocycles. The number of aliphatic hydroxyl groups is 1. The van der Waals surface area contributed by atoms with Crippen molar-refractivity contribution in [1.29, 1.82) is 0 Å². The quantitative estimate of drug-likeness (QED) is 0.868. The Bertz CT molecular complexity index is 641. The van der Waals surface area contributed by atoms with Crippen LogP contribution >= 0.6 is 0 Å². The van der Waals surface area contributed by atoms with Crippen LogP contribution in [0.4, 0.5) is 16.2 Å². The van der Waals surface area contributed by atoms with Crippen molar-refractivity contribution in [2.75, 3.05) is 56.7 Å². The van der Waals surface area contributed by atoms with Gasteiger partial charge in [0.05, 0.1) is 12.8 Å². The molecule has 1 aromatic heterocycles. The Kier molecular flexibility index (Phi) is 5.08. The third-order valence-corrected chi connectivity index (χ3v) is 5.20. The number of β-amino-alcohol motifs (C(OH)–C–C–N with tert-alkyl or cyclic N) is 1. The Hall–Kier alpha value is -1.96. The summed E-state index contributed by atoms with van der Waals surface area (Å²) >= 11 is 0. The van der Waals surface area contributed by atoms with E-state index in [2.05, 4.69) is 14.9 Å². The molecule has 138 valence electrons. The minimum atomic E-state index is -0.433. The number of aliphatic hydroxyl groups excluding tert-OH is 1. The van der Waals surface area contributed by atoms with Gasteiger partial charge in [0.15, 0.2) is 11.6 Å². The standard InChI is InChI=1S/C17H26FN5O2/c1-21(2)15-13(18)10-19-16(20-15)23-7-3-5-17(12-23)6-4-14(25)22(11-17)8-9-24/h10,24H,3-9,11-12H2,1-2H3/t17-/m1/s1. The molecule has 1 amide bonds. The van der Waals surface area contributed by atoms with E-state index in [1.807, 2.05) is 0 Å². The first-order valence-electron chi connectivity index (χ1n) is 8.77. The topological polar surface area (TPSA) is 72.8 Å². The molecular formula is C17H26FN5O2. The summed E-state index contributed by atoms with van der Waals surface area (Å²) in [6, 6.07) is 0. The van der Waals surface area contributed by atoms with Crippen molar-refractivity contribution < 1.29 is 14.3 Å². The van der Waals surface area contributed by atoms with E-state index in [-0.39, 0.29) is 23.7 Å². The van der Waals surface area contributed by atoms with Crippen LogP contribution in [0.25, 0.3) is 0 Å². The molecule has 0 aliphatic carbocycles. The van der Waals surface area contributed by atoms with E-state index in [4.69, 9.17) is 0 Å². The summed E-state index contributed by atoms with van der Waals surface area (Å²) in [5.74, 6) is 0.503. The van der Waals surface area contributed by atoms with E-state index >= 15 is 0 Å². The summed E-state index contributed by atoms with van der Waals surface area (Å²) in [5, 5.41) is 9.20. The molecule has 1 spiro atoms. The van der Waals surface area contributed by atoms with Gasteiger partial charge in [0.1, 0.15) is 0 Å². The highest BCUT2D eigenvalue weighted by atomic mass is 19.1. The van der Waals surface area contributed by atoms with Gasteiger partial charge in [0.2, 0.25) is 11.9 Å². The van der Waals surface area contributed by atoms with Crippen LogP contribution in [0.15, 0.2) is 6.20 Å². The summed E-state index contributed by atoms with van der Waals surface area (Å²) in [6.07, 6.45) is 4.61. The number of aromatic nitrogens is 2. The first-order valence-corrected chi connectivity index (χ1v) is 8.77. The number of hydrogen-bond donors (Lipinski definition) is 1. The van der Waals surface area contributed by atoms with Crippen LogP contribution in [0.5, 0.6) is 0 Å². The van der Waals surface area contributed by atoms with Crippen LogP contribution in [0.1, 0.15) is 25.7 Å². The number of hydrogen-bond acceptors (Lipinski definition) is 6. The molecule has 8 heteroatoms. The highest BCUT2D eigenvalue weighted by Crippen LogP contribution is 2.39. The lowest BCUT2D eigenvalue weighted by molar-refractivity contribution is -0.138. The summed E-state index contributed by atoms with van der Waals surface area (Å²) in [4.78, 5) is 26.1. The van der Waals surface area contributed by atoms with Gasteiger partial charge in [-0.05, 0) is 19.3 Å². The molecule has 3 rings (SSSR count). The first kappa shape index (κ1) is 17.8. The predicted molar refractivity (Wildman–Crippen MR) is 93.1 cm³/mol. The number of amides is 1. The molecule has 1 atom stereocenters. The molecule has 25 heavy (non-hydrogen) atoms. The number of likely N-dealkylation sites (tertiary alicyclic amines) is 1. The number of rotatable bonds is 4. The second-order valence-corrected chi connectivity index (χ2v) is 7.30. The van der Waals surface area contributed by atoms with Crippen LogP contribution in [0.3, 0.4) is 0 Å². The van der Waals surface area contributed by atoms with Crippen molar-refractivity contribution in [3.63, 3.8) is 0 Å². The smallest absolute Gasteiger partial charge is 0.227 e. The molecule has 0 bridgehead atoms. The fraction of sp³-hybridized carbons (Fsp3) is 0.706. The zero-order chi connectivity index (χ0) is 18.0. The zero-order valence-electron chi connectivity index (χ0n) is 14.9. The third-order valence-electron chi connectivity index (χ3n) is 5.20. The average Bonchev–Trinajstić information content (AvgIpc) is 2.59. The number of piperidine rings is 2. The number of carbonyl (C=O) groups excluding carboxylic acids is 1. The maximum atomic E-state index is 13.9. The second-order valence-electron chi connectivity index (χ2n) is 7.30. The second kappa shape index (κ2) is 7.11. The van der Waals surface area contributed by atoms with E-state index in [9.17, 15) is 14.3 Å². The molecule has 0 saturated carbocycles. The van der Waals surface area contributed by atoms with Gasteiger partial charge in [-0.25, -0.2) is 9.37 Å². The number of nitrogens with zero attached hydrogens (tertiary/aromatic N) is 5. The highest BCUT2D eigenvalue weighted by Gasteiger charge is 2.42. The van der Waals surface area contributed by atoms with E-state index in [0.717, 1.165) is 32.4 Å². The van der Waals surface area contributed by atoms with Gasteiger partial charge in [0, 0.05) is 52.1 Å². The Balaban J connectivity index is 1.79. The SMILES string of the molecule is CN(C)c1nc(N2CCC[C@]3(CCC(=O)N(CCO)C3)C2)ncc1F. The molecule has 1 N–H and O–H groups in total. The van der Waals surface area contributed by atoms with Gasteiger partial charge >= 0.3 is 0 Å². The van der Waals surface area contributed by atoms with Crippen molar-refractivity contribution in [2.45, 2.75) is 25.7 Å². The van der Waals surface area contributed by atoms with Crippen molar-refractivity contribution in [1.82, 2.24) is 14.9 Å². The van der Waals surface area contributed by atoms with Crippen molar-refractivity contribution in [3.8, 4) is 0 Å². The highest BCUT2D eigenvalue weighted by molar-refractivity contribution is 5.77. The first-order chi connectivity index (χ1) is 11.9. The average molecular weight is 351 g/mol. The molecular weight excluding hydrogens is 325 g/mol. The lowest BCUT2D eigenvalue weighted by atomic mass is 9.73. The summed E-state index contributed by atoms with van der Waals surface area (Å²) in [7, 11) is 3.51. The number of anilines is 2. The Labute approximate surface area is 147 Å². The maximum Gasteiger partial charge on any atom is 0.227 e. The van der Waals surface area contributed by atoms with Crippen molar-refractivity contribution in [3.05, 3.63) is 12.0 Å². The molecule has 0 aromatic carbocycles. The maximum absolute atomic E-state index is 13.9. The molecule has 0 unspecified atom stereocenters. The Morgan fingerprint density at radius 2 is 2.16 bits per heavy atom. The monoisotopic (exact) mass is 351 g/mol. The van der Waals surface area contributed by atoms with Crippen molar-refractivity contribution >= 4 is 17.7 Å². The largest absolute Gasteiger partial charge is 0.395 e. The van der Waals surface area contributed by atoms with Crippen molar-refractivity contribution in [2.24, 2.45) is 5.41 Å². The molecule has 7 nitrogen and oxygen atoms in total. The molecule has 2 fully saturated rings. The molecule has 1 aromatic rings. The summed E-state index contributed by atoms with van der Waals surface area (Å²) in [5.41, 5.74) is -0.00262. The zero-order valence-corrected chi connectivity index (χ0v) is 14.9. The Morgan fingerprint density at radius 3 is 2.88 bits per heavy atom. The third kappa shape index (κ3) is 3.68. The van der Waals surface area contributed by atoms with E-state index < -0.39 is 5.82 Å². The molecule has 2 aliphatic heterocycles. The van der Waals surface area contributed by atoms with Crippen LogP contribution in [0.2, 0.25) is 0 Å². The summed E-state index contributed by atoms with van der Waals surface area (Å²) in [6.45, 7) is 2.61. The van der Waals surface area contributed by atoms with Gasteiger partial charge in [-0.2, -0.15) is 4.98 Å². The predicted octanol–water partition coefficient (Wildman–Crippen LogP) is 0.883. The lowest BCUT2D eigenvalue weighted by Crippen LogP contribution is -2.54. The normalized spacial score (nSPS) is 24.1. The van der Waals surface area contributed by atoms with E-state index in [0.29, 0.717) is 25.5 Å². The number of carbonyl (C=O) groups is 1. The molecule has 0 radical (unpaired) electrons. The van der Waals surface area contributed by atoms with Gasteiger partial charge < -0.3 is 19.8 Å². The lowest BCUT2D eigenvalue weighted by Gasteiger charge is -2.48. The van der Waals surface area contributed by atoms with Gasteiger partial charge in [-0.1, -0.05) is 0 Å². The summed E-state index contributed by atoms with van der Waals surface area (Å²) < 4.78 is 13.9. The fourth-order valence-corrected chi connectivity index (χ4v) is 3.95. The molecule has 2 saturated heterocycles.